The maximum Gasteiger partial charge on any atom is 0.221 e. The van der Waals surface area contributed by atoms with Gasteiger partial charge < -0.3 is 10.6 Å². The van der Waals surface area contributed by atoms with Gasteiger partial charge in [-0.2, -0.15) is 5.26 Å². The van der Waals surface area contributed by atoms with Gasteiger partial charge in [-0.25, -0.2) is 0 Å². The third-order valence-corrected chi connectivity index (χ3v) is 2.58. The topological polar surface area (TPSA) is 70.1 Å². The molecular weight excluding hydrogens is 214 g/mol. The van der Waals surface area contributed by atoms with E-state index in [1.54, 1.807) is 6.07 Å². The Kier molecular flexibility index (Phi) is 4.68. The zero-order valence-electron chi connectivity index (χ0n) is 10.2. The number of amides is 1. The fourth-order valence-electron chi connectivity index (χ4n) is 1.67. The quantitative estimate of drug-likeness (QED) is 0.825. The Hall–Kier alpha value is -1.86. The van der Waals surface area contributed by atoms with E-state index in [2.05, 4.69) is 6.07 Å². The fourth-order valence-corrected chi connectivity index (χ4v) is 1.67. The van der Waals surface area contributed by atoms with Gasteiger partial charge in [0.05, 0.1) is 11.6 Å². The van der Waals surface area contributed by atoms with E-state index in [1.807, 2.05) is 37.1 Å². The van der Waals surface area contributed by atoms with Gasteiger partial charge in [0.25, 0.3) is 0 Å². The first kappa shape index (κ1) is 13.2. The van der Waals surface area contributed by atoms with Crippen LogP contribution in [0.25, 0.3) is 0 Å². The average molecular weight is 231 g/mol. The monoisotopic (exact) mass is 231 g/mol. The van der Waals surface area contributed by atoms with Crippen molar-refractivity contribution in [2.45, 2.75) is 13.5 Å². The molecule has 1 rings (SSSR count). The number of benzene rings is 1. The van der Waals surface area contributed by atoms with Crippen molar-refractivity contribution in [2.24, 2.45) is 11.7 Å². The van der Waals surface area contributed by atoms with Crippen molar-refractivity contribution in [3.8, 4) is 6.07 Å². The second-order valence-electron chi connectivity index (χ2n) is 4.31. The number of carbonyl (C=O) groups is 1. The van der Waals surface area contributed by atoms with E-state index in [0.29, 0.717) is 18.7 Å². The summed E-state index contributed by atoms with van der Waals surface area (Å²) in [7, 11) is 1.93. The van der Waals surface area contributed by atoms with Crippen LogP contribution in [0, 0.1) is 17.2 Å². The first-order chi connectivity index (χ1) is 8.02. The van der Waals surface area contributed by atoms with E-state index < -0.39 is 0 Å². The summed E-state index contributed by atoms with van der Waals surface area (Å²) in [5.41, 5.74) is 6.92. The Bertz CT molecular complexity index is 437. The minimum absolute atomic E-state index is 0.167. The number of nitrogens with zero attached hydrogens (tertiary/aromatic N) is 2. The zero-order valence-corrected chi connectivity index (χ0v) is 10.2. The average Bonchev–Trinajstić information content (AvgIpc) is 2.28. The first-order valence-corrected chi connectivity index (χ1v) is 5.50. The summed E-state index contributed by atoms with van der Waals surface area (Å²) < 4.78 is 0. The van der Waals surface area contributed by atoms with Crippen LogP contribution in [0.15, 0.2) is 24.3 Å². The SMILES string of the molecule is CC(CN(C)Cc1cccc(C#N)c1)C(N)=O. The lowest BCUT2D eigenvalue weighted by Crippen LogP contribution is -2.32. The highest BCUT2D eigenvalue weighted by Gasteiger charge is 2.11. The number of hydrogen-bond acceptors (Lipinski definition) is 3. The van der Waals surface area contributed by atoms with E-state index in [1.165, 1.54) is 0 Å². The van der Waals surface area contributed by atoms with Gasteiger partial charge in [0.1, 0.15) is 0 Å². The number of rotatable bonds is 5. The number of nitriles is 1. The van der Waals surface area contributed by atoms with Crippen molar-refractivity contribution in [3.05, 3.63) is 35.4 Å². The number of primary amides is 1. The molecule has 4 nitrogen and oxygen atoms in total. The molecule has 0 saturated carbocycles. The van der Waals surface area contributed by atoms with Crippen LogP contribution in [0.3, 0.4) is 0 Å². The van der Waals surface area contributed by atoms with E-state index >= 15 is 0 Å². The van der Waals surface area contributed by atoms with Crippen molar-refractivity contribution in [1.29, 1.82) is 5.26 Å². The van der Waals surface area contributed by atoms with Gasteiger partial charge in [0, 0.05) is 19.0 Å². The second kappa shape index (κ2) is 6.02. The summed E-state index contributed by atoms with van der Waals surface area (Å²) in [6.07, 6.45) is 0. The predicted octanol–water partition coefficient (Wildman–Crippen LogP) is 1.11. The summed E-state index contributed by atoms with van der Waals surface area (Å²) in [6.45, 7) is 3.13. The van der Waals surface area contributed by atoms with Gasteiger partial charge in [0.2, 0.25) is 5.91 Å². The Morgan fingerprint density at radius 2 is 2.29 bits per heavy atom. The van der Waals surface area contributed by atoms with Crippen LogP contribution < -0.4 is 5.73 Å². The lowest BCUT2D eigenvalue weighted by molar-refractivity contribution is -0.121. The summed E-state index contributed by atoms with van der Waals surface area (Å²) in [4.78, 5) is 13.0. The molecule has 1 aromatic carbocycles. The molecule has 0 aliphatic heterocycles. The van der Waals surface area contributed by atoms with Crippen molar-refractivity contribution < 1.29 is 4.79 Å². The van der Waals surface area contributed by atoms with Crippen LogP contribution >= 0.6 is 0 Å². The van der Waals surface area contributed by atoms with Crippen molar-refractivity contribution in [2.75, 3.05) is 13.6 Å². The number of carbonyl (C=O) groups excluding carboxylic acids is 1. The lowest BCUT2D eigenvalue weighted by atomic mass is 10.1. The van der Waals surface area contributed by atoms with Crippen molar-refractivity contribution in [1.82, 2.24) is 4.90 Å². The minimum atomic E-state index is -0.289. The molecule has 0 aromatic heterocycles. The van der Waals surface area contributed by atoms with E-state index in [9.17, 15) is 4.79 Å². The number of nitrogens with two attached hydrogens (primary N) is 1. The van der Waals surface area contributed by atoms with Crippen LogP contribution in [-0.2, 0) is 11.3 Å². The normalized spacial score (nSPS) is 12.1. The van der Waals surface area contributed by atoms with Gasteiger partial charge in [-0.3, -0.25) is 4.79 Å². The van der Waals surface area contributed by atoms with Gasteiger partial charge in [-0.05, 0) is 24.7 Å². The second-order valence-corrected chi connectivity index (χ2v) is 4.31. The Morgan fingerprint density at radius 1 is 1.59 bits per heavy atom. The van der Waals surface area contributed by atoms with E-state index in [-0.39, 0.29) is 11.8 Å². The summed E-state index contributed by atoms with van der Waals surface area (Å²) in [5.74, 6) is -0.457. The number of hydrogen-bond donors (Lipinski definition) is 1. The Morgan fingerprint density at radius 3 is 2.88 bits per heavy atom. The zero-order chi connectivity index (χ0) is 12.8. The maximum absolute atomic E-state index is 10.9. The summed E-state index contributed by atoms with van der Waals surface area (Å²) in [5, 5.41) is 8.79. The molecule has 1 unspecified atom stereocenters. The molecule has 1 aromatic rings. The van der Waals surface area contributed by atoms with E-state index in [0.717, 1.165) is 5.56 Å². The van der Waals surface area contributed by atoms with Crippen LogP contribution in [0.1, 0.15) is 18.1 Å². The molecule has 2 N–H and O–H groups in total. The van der Waals surface area contributed by atoms with E-state index in [4.69, 9.17) is 11.0 Å². The van der Waals surface area contributed by atoms with Crippen molar-refractivity contribution in [3.63, 3.8) is 0 Å². The fraction of sp³-hybridized carbons (Fsp3) is 0.385. The van der Waals surface area contributed by atoms with Gasteiger partial charge in [-0.15, -0.1) is 0 Å². The molecule has 0 radical (unpaired) electrons. The molecule has 0 fully saturated rings. The maximum atomic E-state index is 10.9. The molecule has 1 atom stereocenters. The Labute approximate surface area is 102 Å². The largest absolute Gasteiger partial charge is 0.369 e. The first-order valence-electron chi connectivity index (χ1n) is 5.50. The highest BCUT2D eigenvalue weighted by molar-refractivity contribution is 5.76. The molecule has 1 amide bonds. The molecule has 4 heteroatoms. The van der Waals surface area contributed by atoms with Gasteiger partial charge in [0.15, 0.2) is 0 Å². The lowest BCUT2D eigenvalue weighted by Gasteiger charge is -2.19. The molecule has 0 heterocycles. The molecule has 0 aliphatic rings. The molecule has 0 aliphatic carbocycles. The molecule has 90 valence electrons. The highest BCUT2D eigenvalue weighted by atomic mass is 16.1. The van der Waals surface area contributed by atoms with Crippen LogP contribution in [-0.4, -0.2) is 24.4 Å². The third kappa shape index (κ3) is 4.25. The molecular formula is C13H17N3O. The van der Waals surface area contributed by atoms with Gasteiger partial charge >= 0.3 is 0 Å². The molecule has 0 spiro atoms. The standard InChI is InChI=1S/C13H17N3O/c1-10(13(15)17)8-16(2)9-12-5-3-4-11(6-12)7-14/h3-6,10H,8-9H2,1-2H3,(H2,15,17). The smallest absolute Gasteiger partial charge is 0.221 e. The minimum Gasteiger partial charge on any atom is -0.369 e. The van der Waals surface area contributed by atoms with Crippen LogP contribution in [0.4, 0.5) is 0 Å². The highest BCUT2D eigenvalue weighted by Crippen LogP contribution is 2.08. The molecule has 17 heavy (non-hydrogen) atoms. The van der Waals surface area contributed by atoms with Crippen LogP contribution in [0.2, 0.25) is 0 Å². The van der Waals surface area contributed by atoms with Crippen molar-refractivity contribution >= 4 is 5.91 Å². The summed E-state index contributed by atoms with van der Waals surface area (Å²) in [6, 6.07) is 9.56. The van der Waals surface area contributed by atoms with Gasteiger partial charge in [-0.1, -0.05) is 19.1 Å². The molecule has 0 bridgehead atoms. The predicted molar refractivity (Wildman–Crippen MR) is 65.8 cm³/mol. The Balaban J connectivity index is 2.59. The molecule has 0 saturated heterocycles. The summed E-state index contributed by atoms with van der Waals surface area (Å²) >= 11 is 0. The third-order valence-electron chi connectivity index (χ3n) is 2.58. The van der Waals surface area contributed by atoms with Crippen LogP contribution in [0.5, 0.6) is 0 Å².